The van der Waals surface area contributed by atoms with Crippen molar-refractivity contribution in [3.63, 3.8) is 0 Å². The fourth-order valence-corrected chi connectivity index (χ4v) is 2.36. The summed E-state index contributed by atoms with van der Waals surface area (Å²) < 4.78 is 24.0. The first-order valence-corrected chi connectivity index (χ1v) is 6.67. The average molecular weight is 277 g/mol. The molecule has 3 rings (SSSR count). The molecule has 2 aromatic rings. The van der Waals surface area contributed by atoms with Crippen LogP contribution in [0, 0.1) is 5.82 Å². The van der Waals surface area contributed by atoms with Crippen molar-refractivity contribution in [2.24, 2.45) is 5.73 Å². The van der Waals surface area contributed by atoms with Gasteiger partial charge in [0.25, 0.3) is 5.89 Å². The standard InChI is InChI=1S/C14H16FN3O2/c15-10-3-1-2-9(6-10)7-13-17-14(20-18-13)12-5-4-11(8-16)19-12/h1-3,6,11-12H,4-5,7-8,16H2. The predicted octanol–water partition coefficient (Wildman–Crippen LogP) is 1.98. The molecule has 5 nitrogen and oxygen atoms in total. The molecule has 2 heterocycles. The third-order valence-electron chi connectivity index (χ3n) is 3.38. The number of aromatic nitrogens is 2. The predicted molar refractivity (Wildman–Crippen MR) is 69.4 cm³/mol. The summed E-state index contributed by atoms with van der Waals surface area (Å²) >= 11 is 0. The van der Waals surface area contributed by atoms with Crippen LogP contribution in [0.1, 0.15) is 36.2 Å². The summed E-state index contributed by atoms with van der Waals surface area (Å²) in [6.45, 7) is 0.501. The Bertz CT molecular complexity index is 587. The number of hydrogen-bond donors (Lipinski definition) is 1. The van der Waals surface area contributed by atoms with E-state index in [0.29, 0.717) is 24.7 Å². The van der Waals surface area contributed by atoms with Gasteiger partial charge in [0.15, 0.2) is 5.82 Å². The number of ether oxygens (including phenoxy) is 1. The van der Waals surface area contributed by atoms with Gasteiger partial charge in [-0.15, -0.1) is 0 Å². The van der Waals surface area contributed by atoms with Crippen LogP contribution in [0.3, 0.4) is 0 Å². The van der Waals surface area contributed by atoms with Crippen molar-refractivity contribution in [3.8, 4) is 0 Å². The second-order valence-corrected chi connectivity index (χ2v) is 4.92. The largest absolute Gasteiger partial charge is 0.364 e. The van der Waals surface area contributed by atoms with Gasteiger partial charge in [0.05, 0.1) is 6.10 Å². The van der Waals surface area contributed by atoms with Gasteiger partial charge in [-0.25, -0.2) is 4.39 Å². The van der Waals surface area contributed by atoms with E-state index in [2.05, 4.69) is 10.1 Å². The van der Waals surface area contributed by atoms with Crippen LogP contribution >= 0.6 is 0 Å². The zero-order valence-corrected chi connectivity index (χ0v) is 11.0. The van der Waals surface area contributed by atoms with Crippen molar-refractivity contribution < 1.29 is 13.7 Å². The van der Waals surface area contributed by atoms with Crippen LogP contribution in [-0.4, -0.2) is 22.8 Å². The zero-order chi connectivity index (χ0) is 13.9. The molecule has 2 N–H and O–H groups in total. The van der Waals surface area contributed by atoms with Crippen molar-refractivity contribution in [1.29, 1.82) is 0 Å². The Balaban J connectivity index is 1.68. The first-order valence-electron chi connectivity index (χ1n) is 6.67. The molecule has 6 heteroatoms. The summed E-state index contributed by atoms with van der Waals surface area (Å²) in [5, 5.41) is 3.92. The molecule has 2 unspecified atom stereocenters. The molecule has 2 atom stereocenters. The van der Waals surface area contributed by atoms with Gasteiger partial charge in [-0.1, -0.05) is 17.3 Å². The van der Waals surface area contributed by atoms with Crippen LogP contribution in [0.5, 0.6) is 0 Å². The molecular weight excluding hydrogens is 261 g/mol. The van der Waals surface area contributed by atoms with Gasteiger partial charge < -0.3 is 15.0 Å². The van der Waals surface area contributed by atoms with Crippen molar-refractivity contribution >= 4 is 0 Å². The highest BCUT2D eigenvalue weighted by atomic mass is 19.1. The molecule has 0 bridgehead atoms. The number of halogens is 1. The van der Waals surface area contributed by atoms with E-state index in [1.807, 2.05) is 6.07 Å². The molecule has 1 aromatic heterocycles. The quantitative estimate of drug-likeness (QED) is 0.925. The molecule has 1 saturated heterocycles. The van der Waals surface area contributed by atoms with Gasteiger partial charge in [0, 0.05) is 13.0 Å². The van der Waals surface area contributed by atoms with E-state index >= 15 is 0 Å². The molecule has 1 fully saturated rings. The molecule has 0 spiro atoms. The van der Waals surface area contributed by atoms with Crippen molar-refractivity contribution in [1.82, 2.24) is 10.1 Å². The minimum atomic E-state index is -0.267. The second kappa shape index (κ2) is 5.68. The molecule has 1 aliphatic heterocycles. The fourth-order valence-electron chi connectivity index (χ4n) is 2.36. The van der Waals surface area contributed by atoms with E-state index in [4.69, 9.17) is 15.0 Å². The van der Waals surface area contributed by atoms with E-state index in [9.17, 15) is 4.39 Å². The molecule has 1 aliphatic rings. The summed E-state index contributed by atoms with van der Waals surface area (Å²) in [5.41, 5.74) is 6.38. The lowest BCUT2D eigenvalue weighted by Gasteiger charge is -2.07. The molecule has 1 aromatic carbocycles. The van der Waals surface area contributed by atoms with Gasteiger partial charge >= 0.3 is 0 Å². The summed E-state index contributed by atoms with van der Waals surface area (Å²) in [7, 11) is 0. The summed E-state index contributed by atoms with van der Waals surface area (Å²) in [6.07, 6.45) is 2.08. The minimum Gasteiger partial charge on any atom is -0.364 e. The van der Waals surface area contributed by atoms with Gasteiger partial charge in [-0.3, -0.25) is 0 Å². The van der Waals surface area contributed by atoms with E-state index in [-0.39, 0.29) is 18.0 Å². The van der Waals surface area contributed by atoms with E-state index in [0.717, 1.165) is 18.4 Å². The lowest BCUT2D eigenvalue weighted by Crippen LogP contribution is -2.18. The Morgan fingerprint density at radius 3 is 3.00 bits per heavy atom. The number of nitrogens with zero attached hydrogens (tertiary/aromatic N) is 2. The Hall–Kier alpha value is -1.79. The minimum absolute atomic E-state index is 0.0681. The molecular formula is C14H16FN3O2. The molecule has 0 radical (unpaired) electrons. The van der Waals surface area contributed by atoms with Crippen LogP contribution in [0.25, 0.3) is 0 Å². The Morgan fingerprint density at radius 1 is 1.35 bits per heavy atom. The Labute approximate surface area is 115 Å². The highest BCUT2D eigenvalue weighted by Crippen LogP contribution is 2.31. The topological polar surface area (TPSA) is 74.2 Å². The maximum Gasteiger partial charge on any atom is 0.255 e. The average Bonchev–Trinajstić information content (AvgIpc) is 3.07. The zero-order valence-electron chi connectivity index (χ0n) is 11.0. The number of rotatable bonds is 4. The fraction of sp³-hybridized carbons (Fsp3) is 0.429. The molecule has 0 saturated carbocycles. The van der Waals surface area contributed by atoms with Crippen molar-refractivity contribution in [3.05, 3.63) is 47.4 Å². The lowest BCUT2D eigenvalue weighted by atomic mass is 10.1. The van der Waals surface area contributed by atoms with Crippen LogP contribution in [0.2, 0.25) is 0 Å². The van der Waals surface area contributed by atoms with E-state index in [1.165, 1.54) is 12.1 Å². The highest BCUT2D eigenvalue weighted by Gasteiger charge is 2.29. The Kier molecular flexibility index (Phi) is 3.75. The number of benzene rings is 1. The van der Waals surface area contributed by atoms with Gasteiger partial charge in [-0.05, 0) is 30.5 Å². The second-order valence-electron chi connectivity index (χ2n) is 4.92. The van der Waals surface area contributed by atoms with Crippen molar-refractivity contribution in [2.45, 2.75) is 31.5 Å². The first kappa shape index (κ1) is 13.2. The number of hydrogen-bond acceptors (Lipinski definition) is 5. The molecule has 106 valence electrons. The van der Waals surface area contributed by atoms with Gasteiger partial charge in [0.1, 0.15) is 11.9 Å². The maximum absolute atomic E-state index is 13.1. The van der Waals surface area contributed by atoms with Gasteiger partial charge in [-0.2, -0.15) is 4.98 Å². The third-order valence-corrected chi connectivity index (χ3v) is 3.38. The normalized spacial score (nSPS) is 22.3. The lowest BCUT2D eigenvalue weighted by molar-refractivity contribution is 0.0307. The van der Waals surface area contributed by atoms with Gasteiger partial charge in [0.2, 0.25) is 0 Å². The molecule has 0 amide bonds. The van der Waals surface area contributed by atoms with Crippen LogP contribution in [-0.2, 0) is 11.2 Å². The monoisotopic (exact) mass is 277 g/mol. The SMILES string of the molecule is NCC1CCC(c2nc(Cc3cccc(F)c3)no2)O1. The molecule has 20 heavy (non-hydrogen) atoms. The summed E-state index contributed by atoms with van der Waals surface area (Å²) in [6, 6.07) is 6.37. The smallest absolute Gasteiger partial charge is 0.255 e. The third kappa shape index (κ3) is 2.86. The molecule has 0 aliphatic carbocycles. The maximum atomic E-state index is 13.1. The highest BCUT2D eigenvalue weighted by molar-refractivity contribution is 5.19. The summed E-state index contributed by atoms with van der Waals surface area (Å²) in [4.78, 5) is 4.32. The Morgan fingerprint density at radius 2 is 2.25 bits per heavy atom. The summed E-state index contributed by atoms with van der Waals surface area (Å²) in [5.74, 6) is 0.744. The van der Waals surface area contributed by atoms with E-state index in [1.54, 1.807) is 6.07 Å². The van der Waals surface area contributed by atoms with E-state index < -0.39 is 0 Å². The number of nitrogens with two attached hydrogens (primary N) is 1. The first-order chi connectivity index (χ1) is 9.74. The van der Waals surface area contributed by atoms with Crippen LogP contribution < -0.4 is 5.73 Å². The van der Waals surface area contributed by atoms with Crippen molar-refractivity contribution in [2.75, 3.05) is 6.54 Å². The van der Waals surface area contributed by atoms with Crippen LogP contribution in [0.4, 0.5) is 4.39 Å². The van der Waals surface area contributed by atoms with Crippen LogP contribution in [0.15, 0.2) is 28.8 Å².